The molecule has 0 amide bonds. The summed E-state index contributed by atoms with van der Waals surface area (Å²) < 4.78 is 35.0. The molecule has 5 heterocycles. The lowest BCUT2D eigenvalue weighted by Gasteiger charge is -2.53. The third-order valence-corrected chi connectivity index (χ3v) is 9.88. The number of cyclic esters (lactones) is 1. The molecule has 0 aromatic rings. The van der Waals surface area contributed by atoms with Crippen molar-refractivity contribution in [3.05, 3.63) is 11.6 Å². The van der Waals surface area contributed by atoms with E-state index >= 15 is 0 Å². The fourth-order valence-electron chi connectivity index (χ4n) is 8.02. The minimum atomic E-state index is -1.65. The highest BCUT2D eigenvalue weighted by Gasteiger charge is 2.89. The van der Waals surface area contributed by atoms with E-state index in [9.17, 15) is 35.1 Å². The Balaban J connectivity index is 1.24. The number of hydrogen-bond donors (Lipinski definition) is 5. The molecule has 13 nitrogen and oxygen atoms in total. The Hall–Kier alpha value is -1.68. The van der Waals surface area contributed by atoms with E-state index in [0.717, 1.165) is 0 Å². The summed E-state index contributed by atoms with van der Waals surface area (Å²) in [6.07, 6.45) is -11.6. The summed E-state index contributed by atoms with van der Waals surface area (Å²) in [6.45, 7) is 4.52. The van der Waals surface area contributed by atoms with E-state index in [-0.39, 0.29) is 0 Å². The molecule has 6 fully saturated rings. The highest BCUT2D eigenvalue weighted by molar-refractivity contribution is 5.88. The Labute approximate surface area is 210 Å². The van der Waals surface area contributed by atoms with Crippen molar-refractivity contribution >= 4 is 11.9 Å². The summed E-state index contributed by atoms with van der Waals surface area (Å²) in [4.78, 5) is 26.0. The van der Waals surface area contributed by atoms with Crippen LogP contribution < -0.4 is 0 Å². The Kier molecular flexibility index (Phi) is 4.80. The average Bonchev–Trinajstić information content (AvgIpc) is 3.77. The number of esters is 2. The topological polar surface area (TPSA) is 197 Å². The van der Waals surface area contributed by atoms with Crippen molar-refractivity contribution in [2.45, 2.75) is 99.8 Å². The number of fused-ring (bicyclic) bond motifs is 4. The molecule has 2 unspecified atom stereocenters. The first-order chi connectivity index (χ1) is 17.4. The summed E-state index contributed by atoms with van der Waals surface area (Å²) in [5, 5.41) is 51.1. The van der Waals surface area contributed by atoms with Crippen molar-refractivity contribution in [2.75, 3.05) is 6.61 Å². The van der Waals surface area contributed by atoms with Gasteiger partial charge in [-0.15, -0.1) is 0 Å². The van der Waals surface area contributed by atoms with E-state index in [1.807, 2.05) is 6.92 Å². The molecular formula is C24H30O13. The van der Waals surface area contributed by atoms with Gasteiger partial charge >= 0.3 is 11.9 Å². The van der Waals surface area contributed by atoms with Crippen molar-refractivity contribution in [1.82, 2.24) is 0 Å². The summed E-state index contributed by atoms with van der Waals surface area (Å²) in [5.74, 6) is -1.71. The monoisotopic (exact) mass is 526 g/mol. The molecule has 5 aliphatic heterocycles. The molecule has 2 saturated carbocycles. The van der Waals surface area contributed by atoms with Crippen LogP contribution in [0.15, 0.2) is 11.6 Å². The van der Waals surface area contributed by atoms with Crippen LogP contribution in [0.3, 0.4) is 0 Å². The normalized spacial score (nSPS) is 59.6. The van der Waals surface area contributed by atoms with Crippen molar-refractivity contribution in [3.63, 3.8) is 0 Å². The highest BCUT2D eigenvalue weighted by atomic mass is 16.7. The maximum atomic E-state index is 13.1. The molecular weight excluding hydrogens is 496 g/mol. The fourth-order valence-corrected chi connectivity index (χ4v) is 8.02. The van der Waals surface area contributed by atoms with Gasteiger partial charge in [-0.3, -0.25) is 4.79 Å². The quantitative estimate of drug-likeness (QED) is 0.182. The zero-order chi connectivity index (χ0) is 26.4. The number of rotatable bonds is 4. The second kappa shape index (κ2) is 7.29. The van der Waals surface area contributed by atoms with Crippen LogP contribution >= 0.6 is 0 Å². The molecule has 204 valence electrons. The molecule has 13 heteroatoms. The number of carbonyl (C=O) groups excluding carboxylic acids is 2. The molecule has 0 aromatic carbocycles. The lowest BCUT2D eigenvalue weighted by Crippen LogP contribution is -2.66. The number of ether oxygens (including phenoxy) is 6. The Morgan fingerprint density at radius 2 is 1.70 bits per heavy atom. The van der Waals surface area contributed by atoms with Gasteiger partial charge < -0.3 is 54.0 Å². The Bertz CT molecular complexity index is 1090. The highest BCUT2D eigenvalue weighted by Crippen LogP contribution is 2.75. The van der Waals surface area contributed by atoms with Crippen LogP contribution in [0.4, 0.5) is 0 Å². The zero-order valence-electron chi connectivity index (χ0n) is 20.3. The van der Waals surface area contributed by atoms with Gasteiger partial charge in [0.2, 0.25) is 0 Å². The van der Waals surface area contributed by atoms with Gasteiger partial charge in [0, 0.05) is 17.4 Å². The van der Waals surface area contributed by atoms with Gasteiger partial charge in [0.05, 0.1) is 24.9 Å². The second-order valence-electron chi connectivity index (χ2n) is 11.7. The number of carbonyl (C=O) groups is 2. The minimum absolute atomic E-state index is 0.459. The van der Waals surface area contributed by atoms with E-state index < -0.39 is 114 Å². The first-order valence-electron chi connectivity index (χ1n) is 12.5. The third kappa shape index (κ3) is 2.70. The SMILES string of the molecule is C[C@H](O[C@@H]1O[C@H](CO)[C@@H](O)[C@H](O)[C@H]1O)[C@H]1OC(=O)C=C2C3(C)C4[C@H](OC(=O)[C@@]4(C)[C@@H](O)[C@@H]4O[C@@H]43)[C@H]3O[C@]213. The maximum absolute atomic E-state index is 13.1. The lowest BCUT2D eigenvalue weighted by molar-refractivity contribution is -0.317. The molecule has 0 radical (unpaired) electrons. The summed E-state index contributed by atoms with van der Waals surface area (Å²) in [5.41, 5.74) is -2.75. The smallest absolute Gasteiger partial charge is 0.331 e. The zero-order valence-corrected chi connectivity index (χ0v) is 20.3. The van der Waals surface area contributed by atoms with E-state index in [2.05, 4.69) is 0 Å². The fraction of sp³-hybridized carbons (Fsp3) is 0.833. The second-order valence-corrected chi connectivity index (χ2v) is 11.7. The predicted octanol–water partition coefficient (Wildman–Crippen LogP) is -3.11. The molecule has 16 atom stereocenters. The number of aliphatic hydroxyl groups is 5. The van der Waals surface area contributed by atoms with Gasteiger partial charge in [-0.05, 0) is 19.4 Å². The molecule has 7 aliphatic rings. The molecule has 0 aromatic heterocycles. The third-order valence-electron chi connectivity index (χ3n) is 9.88. The van der Waals surface area contributed by atoms with Crippen molar-refractivity contribution < 1.29 is 63.5 Å². The van der Waals surface area contributed by atoms with Crippen LogP contribution in [0.1, 0.15) is 20.8 Å². The van der Waals surface area contributed by atoms with Crippen molar-refractivity contribution in [2.24, 2.45) is 16.7 Å². The summed E-state index contributed by atoms with van der Waals surface area (Å²) in [7, 11) is 0. The standard InChI is InChI=1S/C24H30O13/c1-6(32-20-12(29)11(28)10(27)7(5-25)33-20)17-24-8(4-9(26)34-17)22(2)15-13(19(24)37-24)36-21(31)23(15,3)16(30)14-18(22)35-14/h4,6-7,10-20,25,27-30H,5H2,1-3H3/t6-,7+,10+,11-,12+,13-,14-,15?,16-,17+,18-,19+,20+,22?,23+,24+/m0/s1. The lowest BCUT2D eigenvalue weighted by atomic mass is 9.46. The summed E-state index contributed by atoms with van der Waals surface area (Å²) in [6, 6.07) is 0. The molecule has 7 rings (SSSR count). The Morgan fingerprint density at radius 1 is 0.973 bits per heavy atom. The molecule has 37 heavy (non-hydrogen) atoms. The van der Waals surface area contributed by atoms with E-state index in [0.29, 0.717) is 5.57 Å². The van der Waals surface area contributed by atoms with Crippen LogP contribution in [0.25, 0.3) is 0 Å². The number of hydrogen-bond acceptors (Lipinski definition) is 13. The number of aliphatic hydroxyl groups excluding tert-OH is 5. The minimum Gasteiger partial charge on any atom is -0.459 e. The number of epoxide rings is 2. The molecule has 2 aliphatic carbocycles. The van der Waals surface area contributed by atoms with Crippen LogP contribution in [-0.4, -0.2) is 123 Å². The van der Waals surface area contributed by atoms with E-state index in [1.165, 1.54) is 6.08 Å². The van der Waals surface area contributed by atoms with Gasteiger partial charge in [-0.1, -0.05) is 6.92 Å². The first kappa shape index (κ1) is 24.4. The van der Waals surface area contributed by atoms with Gasteiger partial charge in [0.1, 0.15) is 48.1 Å². The average molecular weight is 526 g/mol. The van der Waals surface area contributed by atoms with Crippen LogP contribution in [0, 0.1) is 16.7 Å². The Morgan fingerprint density at radius 3 is 2.41 bits per heavy atom. The van der Waals surface area contributed by atoms with Gasteiger partial charge in [0.25, 0.3) is 0 Å². The van der Waals surface area contributed by atoms with Gasteiger partial charge in [0.15, 0.2) is 18.0 Å². The molecule has 5 N–H and O–H groups in total. The van der Waals surface area contributed by atoms with Gasteiger partial charge in [-0.2, -0.15) is 0 Å². The van der Waals surface area contributed by atoms with Crippen LogP contribution in [-0.2, 0) is 38.0 Å². The molecule has 4 saturated heterocycles. The van der Waals surface area contributed by atoms with Crippen LogP contribution in [0.5, 0.6) is 0 Å². The van der Waals surface area contributed by atoms with Crippen molar-refractivity contribution in [1.29, 1.82) is 0 Å². The van der Waals surface area contributed by atoms with Crippen molar-refractivity contribution in [3.8, 4) is 0 Å². The maximum Gasteiger partial charge on any atom is 0.331 e. The van der Waals surface area contributed by atoms with E-state index in [4.69, 9.17) is 28.4 Å². The summed E-state index contributed by atoms with van der Waals surface area (Å²) >= 11 is 0. The van der Waals surface area contributed by atoms with Crippen LogP contribution in [0.2, 0.25) is 0 Å². The molecule has 0 bridgehead atoms. The predicted molar refractivity (Wildman–Crippen MR) is 114 cm³/mol. The van der Waals surface area contributed by atoms with E-state index in [1.54, 1.807) is 13.8 Å². The first-order valence-corrected chi connectivity index (χ1v) is 12.5. The largest absolute Gasteiger partial charge is 0.459 e. The van der Waals surface area contributed by atoms with Gasteiger partial charge in [-0.25, -0.2) is 4.79 Å². The molecule has 1 spiro atoms.